The number of methoxy groups -OCH3 is 1. The Hall–Kier alpha value is -2.31. The molecule has 0 atom stereocenters. The van der Waals surface area contributed by atoms with E-state index in [0.29, 0.717) is 17.1 Å². The number of carbonyl (C=O) groups excluding carboxylic acids is 1. The quantitative estimate of drug-likeness (QED) is 0.695. The van der Waals surface area contributed by atoms with Crippen LogP contribution in [0.15, 0.2) is 42.5 Å². The number of benzene rings is 2. The maximum atomic E-state index is 14.1. The number of halogens is 2. The number of carbonyl (C=O) groups is 1. The number of piperidine rings is 1. The highest BCUT2D eigenvalue weighted by atomic mass is 35.5. The maximum Gasteiger partial charge on any atom is 0.225 e. The molecule has 1 amide bonds. The van der Waals surface area contributed by atoms with Crippen molar-refractivity contribution in [3.05, 3.63) is 58.9 Å². The van der Waals surface area contributed by atoms with Gasteiger partial charge in [-0.2, -0.15) is 0 Å². The molecular weight excluding hydrogens is 417 g/mol. The van der Waals surface area contributed by atoms with Crippen LogP contribution in [0.5, 0.6) is 5.75 Å². The van der Waals surface area contributed by atoms with E-state index in [2.05, 4.69) is 15.9 Å². The van der Waals surface area contributed by atoms with E-state index >= 15 is 0 Å². The van der Waals surface area contributed by atoms with E-state index in [9.17, 15) is 9.18 Å². The molecule has 0 spiro atoms. The van der Waals surface area contributed by atoms with Gasteiger partial charge in [-0.3, -0.25) is 9.69 Å². The fourth-order valence-electron chi connectivity index (χ4n) is 4.55. The summed E-state index contributed by atoms with van der Waals surface area (Å²) < 4.78 is 19.5. The Balaban J connectivity index is 1.27. The number of anilines is 1. The normalized spacial score (nSPS) is 18.3. The van der Waals surface area contributed by atoms with Gasteiger partial charge in [-0.1, -0.05) is 29.8 Å². The van der Waals surface area contributed by atoms with Gasteiger partial charge in [0.15, 0.2) is 0 Å². The van der Waals surface area contributed by atoms with Crippen LogP contribution in [0.4, 0.5) is 10.1 Å². The summed E-state index contributed by atoms with van der Waals surface area (Å²) in [7, 11) is 1.69. The molecule has 0 N–H and O–H groups in total. The molecule has 0 saturated carbocycles. The van der Waals surface area contributed by atoms with Gasteiger partial charge >= 0.3 is 0 Å². The summed E-state index contributed by atoms with van der Waals surface area (Å²) in [6, 6.07) is 12.8. The van der Waals surface area contributed by atoms with Gasteiger partial charge in [0.2, 0.25) is 5.91 Å². The van der Waals surface area contributed by atoms with Gasteiger partial charge in [0.05, 0.1) is 12.8 Å². The van der Waals surface area contributed by atoms with Gasteiger partial charge < -0.3 is 14.5 Å². The van der Waals surface area contributed by atoms with Crippen molar-refractivity contribution < 1.29 is 13.9 Å². The molecule has 7 heteroatoms. The monoisotopic (exact) mass is 445 g/mol. The SMILES string of the molecule is COc1ccccc1N1CCN(C(=O)C2CCN(Cc3ccc(Cl)cc3F)CC2)CC1. The van der Waals surface area contributed by atoms with Crippen LogP contribution in [0.1, 0.15) is 18.4 Å². The molecule has 0 unspecified atom stereocenters. The number of ether oxygens (including phenoxy) is 1. The predicted octanol–water partition coefficient (Wildman–Crippen LogP) is 4.05. The zero-order chi connectivity index (χ0) is 21.8. The summed E-state index contributed by atoms with van der Waals surface area (Å²) in [6.07, 6.45) is 1.64. The topological polar surface area (TPSA) is 36.0 Å². The number of likely N-dealkylation sites (tertiary alicyclic amines) is 1. The van der Waals surface area contributed by atoms with E-state index < -0.39 is 0 Å². The number of piperazine rings is 1. The van der Waals surface area contributed by atoms with Crippen LogP contribution in [0.2, 0.25) is 5.02 Å². The second-order valence-electron chi connectivity index (χ2n) is 8.27. The Bertz CT molecular complexity index is 909. The molecule has 2 aliphatic rings. The highest BCUT2D eigenvalue weighted by Crippen LogP contribution is 2.29. The molecule has 0 bridgehead atoms. The number of nitrogens with zero attached hydrogens (tertiary/aromatic N) is 3. The van der Waals surface area contributed by atoms with Gasteiger partial charge in [-0.05, 0) is 50.2 Å². The number of para-hydroxylation sites is 2. The lowest BCUT2D eigenvalue weighted by Crippen LogP contribution is -2.51. The van der Waals surface area contributed by atoms with Crippen molar-refractivity contribution in [1.82, 2.24) is 9.80 Å². The van der Waals surface area contributed by atoms with Crippen molar-refractivity contribution in [2.75, 3.05) is 51.3 Å². The summed E-state index contributed by atoms with van der Waals surface area (Å²) in [5, 5.41) is 0.413. The molecule has 0 radical (unpaired) electrons. The summed E-state index contributed by atoms with van der Waals surface area (Å²) in [4.78, 5) is 19.6. The first kappa shape index (κ1) is 21.9. The van der Waals surface area contributed by atoms with Crippen LogP contribution in [0, 0.1) is 11.7 Å². The number of hydrogen-bond donors (Lipinski definition) is 0. The molecule has 2 saturated heterocycles. The highest BCUT2D eigenvalue weighted by molar-refractivity contribution is 6.30. The standard InChI is InChI=1S/C24H29ClFN3O2/c1-31-23-5-3-2-4-22(23)28-12-14-29(15-13-28)24(30)18-8-10-27(11-9-18)17-19-6-7-20(25)16-21(19)26/h2-7,16,18H,8-15,17H2,1H3. The largest absolute Gasteiger partial charge is 0.495 e. The minimum Gasteiger partial charge on any atom is -0.495 e. The Morgan fingerprint density at radius 2 is 1.77 bits per heavy atom. The van der Waals surface area contributed by atoms with E-state index in [0.717, 1.165) is 63.5 Å². The lowest BCUT2D eigenvalue weighted by atomic mass is 9.94. The maximum absolute atomic E-state index is 14.1. The first-order chi connectivity index (χ1) is 15.0. The summed E-state index contributed by atoms with van der Waals surface area (Å²) in [5.41, 5.74) is 1.74. The fourth-order valence-corrected chi connectivity index (χ4v) is 4.70. The second-order valence-corrected chi connectivity index (χ2v) is 8.71. The molecule has 2 aromatic rings. The zero-order valence-electron chi connectivity index (χ0n) is 17.9. The Morgan fingerprint density at radius 3 is 2.45 bits per heavy atom. The molecule has 166 valence electrons. The minimum absolute atomic E-state index is 0.0594. The lowest BCUT2D eigenvalue weighted by Gasteiger charge is -2.39. The first-order valence-corrected chi connectivity index (χ1v) is 11.3. The van der Waals surface area contributed by atoms with Gasteiger partial charge in [-0.15, -0.1) is 0 Å². The van der Waals surface area contributed by atoms with E-state index in [1.807, 2.05) is 23.1 Å². The van der Waals surface area contributed by atoms with Gasteiger partial charge in [0.25, 0.3) is 0 Å². The minimum atomic E-state index is -0.265. The van der Waals surface area contributed by atoms with Gasteiger partial charge in [0, 0.05) is 49.2 Å². The van der Waals surface area contributed by atoms with E-state index in [-0.39, 0.29) is 17.6 Å². The number of amides is 1. The summed E-state index contributed by atoms with van der Waals surface area (Å²) in [5.74, 6) is 0.923. The zero-order valence-corrected chi connectivity index (χ0v) is 18.7. The first-order valence-electron chi connectivity index (χ1n) is 10.9. The predicted molar refractivity (Wildman–Crippen MR) is 121 cm³/mol. The Labute approximate surface area is 188 Å². The molecular formula is C24H29ClFN3O2. The summed E-state index contributed by atoms with van der Waals surface area (Å²) >= 11 is 5.84. The molecule has 2 heterocycles. The smallest absolute Gasteiger partial charge is 0.225 e. The average Bonchev–Trinajstić information content (AvgIpc) is 2.81. The highest BCUT2D eigenvalue weighted by Gasteiger charge is 2.31. The van der Waals surface area contributed by atoms with Crippen LogP contribution in [-0.4, -0.2) is 62.1 Å². The molecule has 0 aromatic heterocycles. The van der Waals surface area contributed by atoms with E-state index in [1.54, 1.807) is 19.2 Å². The van der Waals surface area contributed by atoms with Crippen molar-refractivity contribution in [1.29, 1.82) is 0 Å². The summed E-state index contributed by atoms with van der Waals surface area (Å²) in [6.45, 7) is 5.24. The molecule has 2 fully saturated rings. The number of hydrogen-bond acceptors (Lipinski definition) is 4. The van der Waals surface area contributed by atoms with Crippen LogP contribution in [-0.2, 0) is 11.3 Å². The van der Waals surface area contributed by atoms with Crippen molar-refractivity contribution in [3.63, 3.8) is 0 Å². The van der Waals surface area contributed by atoms with Crippen molar-refractivity contribution in [2.24, 2.45) is 5.92 Å². The third kappa shape index (κ3) is 5.13. The van der Waals surface area contributed by atoms with Crippen molar-refractivity contribution in [3.8, 4) is 5.75 Å². The fraction of sp³-hybridized carbons (Fsp3) is 0.458. The number of rotatable bonds is 5. The van der Waals surface area contributed by atoms with Crippen LogP contribution in [0.3, 0.4) is 0 Å². The molecule has 2 aliphatic heterocycles. The van der Waals surface area contributed by atoms with Crippen LogP contribution < -0.4 is 9.64 Å². The van der Waals surface area contributed by atoms with Crippen molar-refractivity contribution >= 4 is 23.2 Å². The molecule has 0 aliphatic carbocycles. The Morgan fingerprint density at radius 1 is 1.06 bits per heavy atom. The van der Waals surface area contributed by atoms with E-state index in [4.69, 9.17) is 16.3 Å². The van der Waals surface area contributed by atoms with Crippen LogP contribution in [0.25, 0.3) is 0 Å². The third-order valence-corrected chi connectivity index (χ3v) is 6.60. The molecule has 31 heavy (non-hydrogen) atoms. The molecule has 5 nitrogen and oxygen atoms in total. The molecule has 4 rings (SSSR count). The third-order valence-electron chi connectivity index (χ3n) is 6.36. The Kier molecular flexibility index (Phi) is 6.98. The van der Waals surface area contributed by atoms with Gasteiger partial charge in [-0.25, -0.2) is 4.39 Å². The van der Waals surface area contributed by atoms with Gasteiger partial charge in [0.1, 0.15) is 11.6 Å². The lowest BCUT2D eigenvalue weighted by molar-refractivity contribution is -0.137. The van der Waals surface area contributed by atoms with E-state index in [1.165, 1.54) is 6.07 Å². The van der Waals surface area contributed by atoms with Crippen LogP contribution >= 0.6 is 11.6 Å². The second kappa shape index (κ2) is 9.88. The molecule has 2 aromatic carbocycles. The average molecular weight is 446 g/mol. The van der Waals surface area contributed by atoms with Crippen molar-refractivity contribution in [2.45, 2.75) is 19.4 Å².